The first-order valence-electron chi connectivity index (χ1n) is 8.99. The highest BCUT2D eigenvalue weighted by atomic mass is 16.6. The number of hydrogen-bond donors (Lipinski definition) is 4. The number of nitrogens with one attached hydrogen (secondary N) is 2. The molecule has 2 aromatic carbocycles. The average molecular weight is 398 g/mol. The number of carboxylic acid groups (broad SMARTS) is 1. The Morgan fingerprint density at radius 1 is 1.21 bits per heavy atom. The second kappa shape index (κ2) is 8.96. The van der Waals surface area contributed by atoms with E-state index in [1.165, 1.54) is 4.90 Å². The quantitative estimate of drug-likeness (QED) is 0.392. The van der Waals surface area contributed by atoms with Crippen molar-refractivity contribution in [1.82, 2.24) is 5.32 Å². The number of carboxylic acids is 1. The Kier molecular flexibility index (Phi) is 6.18. The summed E-state index contributed by atoms with van der Waals surface area (Å²) in [6.07, 6.45) is -0.899. The molecule has 0 bridgehead atoms. The second-order valence-electron chi connectivity index (χ2n) is 6.58. The van der Waals surface area contributed by atoms with Crippen LogP contribution in [0.1, 0.15) is 11.1 Å². The lowest BCUT2D eigenvalue weighted by atomic mass is 10.1. The van der Waals surface area contributed by atoms with Crippen LogP contribution >= 0.6 is 0 Å². The summed E-state index contributed by atoms with van der Waals surface area (Å²) in [5.74, 6) is -0.410. The molecule has 0 radical (unpaired) electrons. The zero-order chi connectivity index (χ0) is 20.8. The largest absolute Gasteiger partial charge is 0.490 e. The van der Waals surface area contributed by atoms with Crippen molar-refractivity contribution in [3.63, 3.8) is 0 Å². The van der Waals surface area contributed by atoms with Crippen LogP contribution in [-0.4, -0.2) is 42.4 Å². The van der Waals surface area contributed by atoms with Crippen LogP contribution in [0, 0.1) is 5.41 Å². The monoisotopic (exact) mass is 398 g/mol. The molecular weight excluding hydrogens is 376 g/mol. The fraction of sp³-hybridized carbons (Fsp3) is 0.250. The van der Waals surface area contributed by atoms with Crippen LogP contribution in [0.15, 0.2) is 48.5 Å². The number of amides is 1. The fourth-order valence-corrected chi connectivity index (χ4v) is 2.88. The number of anilines is 1. The highest BCUT2D eigenvalue weighted by Crippen LogP contribution is 2.23. The number of benzene rings is 2. The minimum absolute atomic E-state index is 0.0426. The Labute approximate surface area is 167 Å². The van der Waals surface area contributed by atoms with Gasteiger partial charge in [0.2, 0.25) is 0 Å². The maximum Gasteiger partial charge on any atom is 0.414 e. The maximum absolute atomic E-state index is 12.2. The predicted octanol–water partition coefficient (Wildman–Crippen LogP) is 1.70. The molecule has 1 fully saturated rings. The lowest BCUT2D eigenvalue weighted by Crippen LogP contribution is -2.29. The summed E-state index contributed by atoms with van der Waals surface area (Å²) in [5, 5.41) is 18.7. The molecule has 3 rings (SSSR count). The molecule has 29 heavy (non-hydrogen) atoms. The lowest BCUT2D eigenvalue weighted by molar-refractivity contribution is -0.136. The van der Waals surface area contributed by atoms with Gasteiger partial charge in [-0.2, -0.15) is 0 Å². The van der Waals surface area contributed by atoms with Crippen LogP contribution in [0.4, 0.5) is 10.5 Å². The molecule has 0 spiro atoms. The molecule has 0 aromatic heterocycles. The van der Waals surface area contributed by atoms with E-state index in [4.69, 9.17) is 25.7 Å². The number of guanidine groups is 1. The zero-order valence-corrected chi connectivity index (χ0v) is 15.6. The molecule has 1 unspecified atom stereocenters. The molecule has 5 N–H and O–H groups in total. The first-order valence-corrected chi connectivity index (χ1v) is 8.99. The molecule has 1 amide bonds. The van der Waals surface area contributed by atoms with Crippen molar-refractivity contribution < 1.29 is 24.2 Å². The maximum atomic E-state index is 12.2. The van der Waals surface area contributed by atoms with E-state index in [0.29, 0.717) is 30.1 Å². The third kappa shape index (κ3) is 5.61. The molecule has 2 aromatic rings. The van der Waals surface area contributed by atoms with E-state index < -0.39 is 18.2 Å². The van der Waals surface area contributed by atoms with E-state index >= 15 is 0 Å². The molecule has 9 heteroatoms. The van der Waals surface area contributed by atoms with Crippen molar-refractivity contribution in [2.75, 3.05) is 18.1 Å². The number of cyclic esters (lactones) is 1. The van der Waals surface area contributed by atoms with Gasteiger partial charge in [-0.1, -0.05) is 24.3 Å². The van der Waals surface area contributed by atoms with E-state index in [1.807, 2.05) is 24.3 Å². The first-order chi connectivity index (χ1) is 13.9. The van der Waals surface area contributed by atoms with Crippen molar-refractivity contribution in [3.8, 4) is 5.75 Å². The molecule has 1 aliphatic heterocycles. The summed E-state index contributed by atoms with van der Waals surface area (Å²) in [6.45, 7) is 0.990. The summed E-state index contributed by atoms with van der Waals surface area (Å²) < 4.78 is 11.0. The van der Waals surface area contributed by atoms with E-state index in [9.17, 15) is 9.59 Å². The van der Waals surface area contributed by atoms with Crippen molar-refractivity contribution in [2.45, 2.75) is 19.1 Å². The minimum Gasteiger partial charge on any atom is -0.490 e. The van der Waals surface area contributed by atoms with Gasteiger partial charge in [-0.25, -0.2) is 4.79 Å². The van der Waals surface area contributed by atoms with Crippen LogP contribution in [0.25, 0.3) is 0 Å². The van der Waals surface area contributed by atoms with Gasteiger partial charge >= 0.3 is 12.1 Å². The molecule has 1 aliphatic rings. The van der Waals surface area contributed by atoms with Crippen LogP contribution in [0.2, 0.25) is 0 Å². The molecule has 1 saturated heterocycles. The Hall–Kier alpha value is -3.75. The molecule has 9 nitrogen and oxygen atoms in total. The number of nitrogens with zero attached hydrogens (tertiary/aromatic N) is 1. The smallest absolute Gasteiger partial charge is 0.414 e. The van der Waals surface area contributed by atoms with Gasteiger partial charge in [0, 0.05) is 12.2 Å². The predicted molar refractivity (Wildman–Crippen MR) is 106 cm³/mol. The van der Waals surface area contributed by atoms with Crippen molar-refractivity contribution in [3.05, 3.63) is 59.7 Å². The van der Waals surface area contributed by atoms with Crippen molar-refractivity contribution >= 4 is 23.7 Å². The highest BCUT2D eigenvalue weighted by molar-refractivity contribution is 5.89. The number of carbonyl (C=O) groups excluding carboxylic acids is 1. The van der Waals surface area contributed by atoms with Crippen LogP contribution in [-0.2, 0) is 22.5 Å². The number of aliphatic carboxylic acids is 1. The number of nitrogens with two attached hydrogens (primary N) is 1. The molecule has 0 aliphatic carbocycles. The normalized spacial score (nSPS) is 15.7. The van der Waals surface area contributed by atoms with Gasteiger partial charge in [-0.15, -0.1) is 0 Å². The van der Waals surface area contributed by atoms with Crippen LogP contribution in [0.3, 0.4) is 0 Å². The van der Waals surface area contributed by atoms with E-state index in [1.54, 1.807) is 24.3 Å². The second-order valence-corrected chi connectivity index (χ2v) is 6.58. The van der Waals surface area contributed by atoms with Gasteiger partial charge in [0.25, 0.3) is 0 Å². The number of rotatable bonds is 8. The Morgan fingerprint density at radius 3 is 2.48 bits per heavy atom. The van der Waals surface area contributed by atoms with Crippen molar-refractivity contribution in [1.29, 1.82) is 5.41 Å². The van der Waals surface area contributed by atoms with Gasteiger partial charge in [0.15, 0.2) is 12.1 Å². The molecular formula is C20H22N4O5. The minimum atomic E-state index is -0.889. The Morgan fingerprint density at radius 2 is 1.86 bits per heavy atom. The highest BCUT2D eigenvalue weighted by Gasteiger charge is 2.32. The third-order valence-corrected chi connectivity index (χ3v) is 4.32. The number of ether oxygens (including phenoxy) is 2. The summed E-state index contributed by atoms with van der Waals surface area (Å²) in [6, 6.07) is 14.1. The van der Waals surface area contributed by atoms with Crippen LogP contribution < -0.4 is 20.7 Å². The van der Waals surface area contributed by atoms with E-state index in [0.717, 1.165) is 5.56 Å². The van der Waals surface area contributed by atoms with Crippen molar-refractivity contribution in [2.24, 2.45) is 5.73 Å². The Balaban J connectivity index is 1.52. The van der Waals surface area contributed by atoms with E-state index in [-0.39, 0.29) is 19.0 Å². The van der Waals surface area contributed by atoms with Gasteiger partial charge in [-0.3, -0.25) is 15.1 Å². The fourth-order valence-electron chi connectivity index (χ4n) is 2.88. The summed E-state index contributed by atoms with van der Waals surface area (Å²) in [4.78, 5) is 24.4. The zero-order valence-electron chi connectivity index (χ0n) is 15.6. The molecule has 152 valence electrons. The third-order valence-electron chi connectivity index (χ3n) is 4.32. The molecule has 0 saturated carbocycles. The van der Waals surface area contributed by atoms with Gasteiger partial charge in [0.1, 0.15) is 12.4 Å². The number of carbonyl (C=O) groups is 2. The van der Waals surface area contributed by atoms with Crippen LogP contribution in [0.5, 0.6) is 5.75 Å². The summed E-state index contributed by atoms with van der Waals surface area (Å²) in [5.41, 5.74) is 7.60. The summed E-state index contributed by atoms with van der Waals surface area (Å²) >= 11 is 0. The SMILES string of the molecule is N=C(N)NCc1ccc(N2CC(COc3ccc(CC(=O)O)cc3)OC2=O)cc1. The Bertz CT molecular complexity index is 883. The average Bonchev–Trinajstić information content (AvgIpc) is 3.06. The topological polar surface area (TPSA) is 138 Å². The number of hydrogen-bond acceptors (Lipinski definition) is 5. The first kappa shape index (κ1) is 20.0. The van der Waals surface area contributed by atoms with Gasteiger partial charge < -0.3 is 25.6 Å². The van der Waals surface area contributed by atoms with Gasteiger partial charge in [0.05, 0.1) is 13.0 Å². The molecule has 1 heterocycles. The lowest BCUT2D eigenvalue weighted by Gasteiger charge is -2.14. The summed E-state index contributed by atoms with van der Waals surface area (Å²) in [7, 11) is 0. The standard InChI is InChI=1S/C20H22N4O5/c21-19(22)23-10-14-1-5-15(6-2-14)24-11-17(29-20(24)27)12-28-16-7-3-13(4-8-16)9-18(25)26/h1-8,17H,9-12H2,(H,25,26)(H4,21,22,23). The van der Waals surface area contributed by atoms with Gasteiger partial charge in [-0.05, 0) is 35.4 Å². The van der Waals surface area contributed by atoms with E-state index in [2.05, 4.69) is 5.32 Å². The molecule has 1 atom stereocenters.